The Balaban J connectivity index is 4.10. The maximum Gasteiger partial charge on any atom is 0.222 e. The van der Waals surface area contributed by atoms with Crippen LogP contribution in [-0.2, 0) is 4.79 Å². The van der Waals surface area contributed by atoms with Gasteiger partial charge in [-0.1, -0.05) is 13.8 Å². The molecule has 1 unspecified atom stereocenters. The largest absolute Gasteiger partial charge is 0.343 e. The predicted octanol–water partition coefficient (Wildman–Crippen LogP) is 1.87. The van der Waals surface area contributed by atoms with Gasteiger partial charge in [-0.25, -0.2) is 0 Å². The summed E-state index contributed by atoms with van der Waals surface area (Å²) in [5.74, 6) is 1.21. The van der Waals surface area contributed by atoms with Gasteiger partial charge in [-0.3, -0.25) is 4.79 Å². The zero-order chi connectivity index (χ0) is 11.8. The van der Waals surface area contributed by atoms with E-state index in [1.807, 2.05) is 18.7 Å². The molecule has 0 saturated heterocycles. The molecular formula is C12H26N2O. The Hall–Kier alpha value is -0.570. The molecular weight excluding hydrogens is 188 g/mol. The van der Waals surface area contributed by atoms with Gasteiger partial charge in [0, 0.05) is 19.5 Å². The molecule has 0 bridgehead atoms. The number of hydrogen-bond donors (Lipinski definition) is 1. The van der Waals surface area contributed by atoms with Gasteiger partial charge in [-0.15, -0.1) is 0 Å². The molecule has 0 aliphatic heterocycles. The SMILES string of the molecule is CCN(CC)C(=O)CC(CN)CC(C)C. The van der Waals surface area contributed by atoms with E-state index in [0.29, 0.717) is 24.8 Å². The standard InChI is InChI=1S/C12H26N2O/c1-5-14(6-2)12(15)8-11(9-13)7-10(3)4/h10-11H,5-9,13H2,1-4H3. The lowest BCUT2D eigenvalue weighted by molar-refractivity contribution is -0.131. The van der Waals surface area contributed by atoms with Crippen molar-refractivity contribution >= 4 is 5.91 Å². The van der Waals surface area contributed by atoms with Gasteiger partial charge in [0.1, 0.15) is 0 Å². The van der Waals surface area contributed by atoms with Crippen molar-refractivity contribution in [1.29, 1.82) is 0 Å². The zero-order valence-electron chi connectivity index (χ0n) is 10.6. The molecule has 3 nitrogen and oxygen atoms in total. The fraction of sp³-hybridized carbons (Fsp3) is 0.917. The van der Waals surface area contributed by atoms with Gasteiger partial charge in [0.25, 0.3) is 0 Å². The van der Waals surface area contributed by atoms with E-state index in [1.54, 1.807) is 0 Å². The smallest absolute Gasteiger partial charge is 0.222 e. The Labute approximate surface area is 94.0 Å². The molecule has 0 aromatic carbocycles. The summed E-state index contributed by atoms with van der Waals surface area (Å²) in [6, 6.07) is 0. The molecule has 0 radical (unpaired) electrons. The first-order valence-corrected chi connectivity index (χ1v) is 6.02. The van der Waals surface area contributed by atoms with E-state index < -0.39 is 0 Å². The molecule has 0 aliphatic rings. The first kappa shape index (κ1) is 14.4. The molecule has 3 heteroatoms. The van der Waals surface area contributed by atoms with Crippen molar-refractivity contribution in [1.82, 2.24) is 4.90 Å². The highest BCUT2D eigenvalue weighted by Crippen LogP contribution is 2.15. The van der Waals surface area contributed by atoms with Crippen LogP contribution in [0.15, 0.2) is 0 Å². The first-order valence-electron chi connectivity index (χ1n) is 6.02. The van der Waals surface area contributed by atoms with E-state index in [1.165, 1.54) is 0 Å². The van der Waals surface area contributed by atoms with E-state index in [2.05, 4.69) is 13.8 Å². The summed E-state index contributed by atoms with van der Waals surface area (Å²) >= 11 is 0. The summed E-state index contributed by atoms with van der Waals surface area (Å²) in [5, 5.41) is 0. The lowest BCUT2D eigenvalue weighted by atomic mass is 9.94. The third kappa shape index (κ3) is 5.78. The average molecular weight is 214 g/mol. The number of nitrogens with zero attached hydrogens (tertiary/aromatic N) is 1. The molecule has 0 aliphatic carbocycles. The number of carbonyl (C=O) groups is 1. The second-order valence-electron chi connectivity index (χ2n) is 4.50. The van der Waals surface area contributed by atoms with E-state index in [0.717, 1.165) is 19.5 Å². The fourth-order valence-electron chi connectivity index (χ4n) is 1.88. The molecule has 1 amide bonds. The maximum atomic E-state index is 11.8. The molecule has 2 N–H and O–H groups in total. The summed E-state index contributed by atoms with van der Waals surface area (Å²) in [6.45, 7) is 10.6. The second-order valence-corrected chi connectivity index (χ2v) is 4.50. The Kier molecular flexibility index (Phi) is 7.39. The Morgan fingerprint density at radius 1 is 1.27 bits per heavy atom. The van der Waals surface area contributed by atoms with Crippen LogP contribution < -0.4 is 5.73 Å². The average Bonchev–Trinajstić information content (AvgIpc) is 2.17. The van der Waals surface area contributed by atoms with Crippen molar-refractivity contribution in [2.75, 3.05) is 19.6 Å². The lowest BCUT2D eigenvalue weighted by Crippen LogP contribution is -2.33. The number of nitrogens with two attached hydrogens (primary N) is 1. The normalized spacial score (nSPS) is 12.9. The molecule has 0 saturated carbocycles. The van der Waals surface area contributed by atoms with Gasteiger partial charge in [-0.2, -0.15) is 0 Å². The van der Waals surface area contributed by atoms with Crippen LogP contribution in [0.1, 0.15) is 40.5 Å². The molecule has 0 spiro atoms. The van der Waals surface area contributed by atoms with Crippen LogP contribution in [0.5, 0.6) is 0 Å². The first-order chi connectivity index (χ1) is 7.04. The molecule has 0 aromatic heterocycles. The van der Waals surface area contributed by atoms with E-state index in [-0.39, 0.29) is 5.91 Å². The van der Waals surface area contributed by atoms with Crippen molar-refractivity contribution < 1.29 is 4.79 Å². The van der Waals surface area contributed by atoms with Crippen molar-refractivity contribution in [3.63, 3.8) is 0 Å². The number of carbonyl (C=O) groups excluding carboxylic acids is 1. The molecule has 0 fully saturated rings. The molecule has 0 heterocycles. The van der Waals surface area contributed by atoms with Crippen LogP contribution in [0.2, 0.25) is 0 Å². The molecule has 90 valence electrons. The highest BCUT2D eigenvalue weighted by atomic mass is 16.2. The van der Waals surface area contributed by atoms with Crippen LogP contribution >= 0.6 is 0 Å². The van der Waals surface area contributed by atoms with Gasteiger partial charge < -0.3 is 10.6 Å². The second kappa shape index (κ2) is 7.69. The summed E-state index contributed by atoms with van der Waals surface area (Å²) < 4.78 is 0. The van der Waals surface area contributed by atoms with Gasteiger partial charge in [0.2, 0.25) is 5.91 Å². The van der Waals surface area contributed by atoms with Gasteiger partial charge in [-0.05, 0) is 38.6 Å². The van der Waals surface area contributed by atoms with E-state index in [9.17, 15) is 4.79 Å². The topological polar surface area (TPSA) is 46.3 Å². The Morgan fingerprint density at radius 2 is 1.80 bits per heavy atom. The minimum Gasteiger partial charge on any atom is -0.343 e. The predicted molar refractivity (Wildman–Crippen MR) is 64.5 cm³/mol. The minimum atomic E-state index is 0.246. The van der Waals surface area contributed by atoms with Gasteiger partial charge >= 0.3 is 0 Å². The van der Waals surface area contributed by atoms with Crippen molar-refractivity contribution in [3.8, 4) is 0 Å². The number of amides is 1. The lowest BCUT2D eigenvalue weighted by Gasteiger charge is -2.22. The van der Waals surface area contributed by atoms with Crippen LogP contribution in [0.25, 0.3) is 0 Å². The number of hydrogen-bond acceptors (Lipinski definition) is 2. The summed E-state index contributed by atoms with van der Waals surface area (Å²) in [6.07, 6.45) is 1.65. The molecule has 0 aromatic rings. The van der Waals surface area contributed by atoms with Crippen LogP contribution in [-0.4, -0.2) is 30.4 Å². The zero-order valence-corrected chi connectivity index (χ0v) is 10.6. The van der Waals surface area contributed by atoms with Crippen LogP contribution in [0.3, 0.4) is 0 Å². The Morgan fingerprint density at radius 3 is 2.13 bits per heavy atom. The van der Waals surface area contributed by atoms with Crippen molar-refractivity contribution in [2.24, 2.45) is 17.6 Å². The maximum absolute atomic E-state index is 11.8. The summed E-state index contributed by atoms with van der Waals surface area (Å²) in [5.41, 5.74) is 5.68. The van der Waals surface area contributed by atoms with Crippen LogP contribution in [0.4, 0.5) is 0 Å². The number of rotatable bonds is 7. The highest BCUT2D eigenvalue weighted by Gasteiger charge is 2.17. The van der Waals surface area contributed by atoms with Gasteiger partial charge in [0.15, 0.2) is 0 Å². The monoisotopic (exact) mass is 214 g/mol. The van der Waals surface area contributed by atoms with Crippen molar-refractivity contribution in [3.05, 3.63) is 0 Å². The summed E-state index contributed by atoms with van der Waals surface area (Å²) in [4.78, 5) is 13.7. The third-order valence-corrected chi connectivity index (χ3v) is 2.72. The molecule has 0 rings (SSSR count). The molecule has 15 heavy (non-hydrogen) atoms. The third-order valence-electron chi connectivity index (χ3n) is 2.72. The molecule has 1 atom stereocenters. The Bertz CT molecular complexity index is 176. The quantitative estimate of drug-likeness (QED) is 0.703. The fourth-order valence-corrected chi connectivity index (χ4v) is 1.88. The van der Waals surface area contributed by atoms with Gasteiger partial charge in [0.05, 0.1) is 0 Å². The minimum absolute atomic E-state index is 0.246. The summed E-state index contributed by atoms with van der Waals surface area (Å²) in [7, 11) is 0. The highest BCUT2D eigenvalue weighted by molar-refractivity contribution is 5.76. The van der Waals surface area contributed by atoms with E-state index in [4.69, 9.17) is 5.73 Å². The van der Waals surface area contributed by atoms with E-state index >= 15 is 0 Å². The van der Waals surface area contributed by atoms with Crippen molar-refractivity contribution in [2.45, 2.75) is 40.5 Å². The van der Waals surface area contributed by atoms with Crippen LogP contribution in [0, 0.1) is 11.8 Å².